The summed E-state index contributed by atoms with van der Waals surface area (Å²) >= 11 is 0. The van der Waals surface area contributed by atoms with Gasteiger partial charge in [0.15, 0.2) is 0 Å². The summed E-state index contributed by atoms with van der Waals surface area (Å²) in [7, 11) is 0. The first kappa shape index (κ1) is 12.1. The van der Waals surface area contributed by atoms with Crippen LogP contribution in [0.15, 0.2) is 72.8 Å². The molecule has 0 saturated heterocycles. The third kappa shape index (κ3) is 7.49. The zero-order chi connectivity index (χ0) is 8.49. The standard InChI is InChI=1S/2C6H6.Mo/c2*1-2-4-6-5-3-1;/h2*1-6H;. The molecule has 0 spiro atoms. The minimum absolute atomic E-state index is 0. The molecule has 0 unspecified atom stereocenters. The van der Waals surface area contributed by atoms with E-state index in [1.807, 2.05) is 72.8 Å². The molecule has 0 aliphatic rings. The predicted molar refractivity (Wildman–Crippen MR) is 52.9 cm³/mol. The van der Waals surface area contributed by atoms with Gasteiger partial charge in [-0.25, -0.2) is 0 Å². The van der Waals surface area contributed by atoms with Crippen molar-refractivity contribution in [2.45, 2.75) is 0 Å². The summed E-state index contributed by atoms with van der Waals surface area (Å²) in [6, 6.07) is 24.0. The number of hydrogen-bond donors (Lipinski definition) is 0. The first-order valence-corrected chi connectivity index (χ1v) is 4.00. The average Bonchev–Trinajstić information content (AvgIpc) is 2.24. The van der Waals surface area contributed by atoms with Crippen molar-refractivity contribution in [3.05, 3.63) is 72.8 Å². The maximum absolute atomic E-state index is 2.00. The molecule has 2 rings (SSSR count). The predicted octanol–water partition coefficient (Wildman–Crippen LogP) is 3.37. The molecule has 2 aromatic rings. The van der Waals surface area contributed by atoms with Crippen LogP contribution in [0.4, 0.5) is 0 Å². The van der Waals surface area contributed by atoms with Crippen molar-refractivity contribution in [1.29, 1.82) is 0 Å². The second kappa shape index (κ2) is 9.22. The van der Waals surface area contributed by atoms with E-state index in [9.17, 15) is 0 Å². The van der Waals surface area contributed by atoms with Crippen LogP contribution in [-0.4, -0.2) is 0 Å². The molecule has 0 aliphatic heterocycles. The Bertz CT molecular complexity index is 181. The molecule has 0 fully saturated rings. The van der Waals surface area contributed by atoms with Crippen molar-refractivity contribution in [3.8, 4) is 0 Å². The molecule has 0 bridgehead atoms. The Morgan fingerprint density at radius 3 is 0.385 bits per heavy atom. The average molecular weight is 252 g/mol. The summed E-state index contributed by atoms with van der Waals surface area (Å²) in [5, 5.41) is 0. The van der Waals surface area contributed by atoms with Gasteiger partial charge in [0.2, 0.25) is 0 Å². The fraction of sp³-hybridized carbons (Fsp3) is 0. The van der Waals surface area contributed by atoms with E-state index in [2.05, 4.69) is 0 Å². The van der Waals surface area contributed by atoms with E-state index in [-0.39, 0.29) is 21.1 Å². The normalized spacial score (nSPS) is 7.38. The van der Waals surface area contributed by atoms with Gasteiger partial charge in [0.25, 0.3) is 0 Å². The van der Waals surface area contributed by atoms with Gasteiger partial charge in [-0.2, -0.15) is 0 Å². The van der Waals surface area contributed by atoms with Crippen molar-refractivity contribution in [2.75, 3.05) is 0 Å². The van der Waals surface area contributed by atoms with Crippen LogP contribution in [0.3, 0.4) is 0 Å². The van der Waals surface area contributed by atoms with E-state index in [1.165, 1.54) is 0 Å². The zero-order valence-electron chi connectivity index (χ0n) is 7.34. The van der Waals surface area contributed by atoms with Gasteiger partial charge in [0, 0.05) is 21.1 Å². The van der Waals surface area contributed by atoms with Gasteiger partial charge in [0.1, 0.15) is 0 Å². The van der Waals surface area contributed by atoms with Gasteiger partial charge in [-0.3, -0.25) is 0 Å². The van der Waals surface area contributed by atoms with Gasteiger partial charge >= 0.3 is 0 Å². The molecule has 0 N–H and O–H groups in total. The topological polar surface area (TPSA) is 0 Å². The van der Waals surface area contributed by atoms with Crippen molar-refractivity contribution in [1.82, 2.24) is 0 Å². The fourth-order valence-electron chi connectivity index (χ4n) is 0.770. The van der Waals surface area contributed by atoms with Crippen LogP contribution in [-0.2, 0) is 21.1 Å². The quantitative estimate of drug-likeness (QED) is 0.630. The fourth-order valence-corrected chi connectivity index (χ4v) is 0.770. The zero-order valence-corrected chi connectivity index (χ0v) is 9.34. The van der Waals surface area contributed by atoms with Crippen LogP contribution in [0.2, 0.25) is 0 Å². The minimum Gasteiger partial charge on any atom is -0.0623 e. The number of hydrogen-bond acceptors (Lipinski definition) is 0. The molecule has 0 nitrogen and oxygen atoms in total. The molecule has 0 aromatic heterocycles. The molecule has 0 radical (unpaired) electrons. The van der Waals surface area contributed by atoms with E-state index < -0.39 is 0 Å². The van der Waals surface area contributed by atoms with E-state index in [0.29, 0.717) is 0 Å². The second-order valence-corrected chi connectivity index (χ2v) is 2.31. The third-order valence-corrected chi connectivity index (χ3v) is 1.33. The van der Waals surface area contributed by atoms with Gasteiger partial charge in [-0.15, -0.1) is 0 Å². The molecule has 66 valence electrons. The molecule has 0 heterocycles. The molecular formula is C12H12Mo. The molecule has 13 heavy (non-hydrogen) atoms. The van der Waals surface area contributed by atoms with Crippen LogP contribution in [0.25, 0.3) is 0 Å². The summed E-state index contributed by atoms with van der Waals surface area (Å²) in [5.74, 6) is 0. The SMILES string of the molecule is [Mo].c1ccccc1.c1ccccc1. The minimum atomic E-state index is 0. The van der Waals surface area contributed by atoms with Gasteiger partial charge in [-0.05, 0) is 0 Å². The van der Waals surface area contributed by atoms with Crippen LogP contribution in [0.1, 0.15) is 0 Å². The Kier molecular flexibility index (Phi) is 8.60. The molecular weight excluding hydrogens is 240 g/mol. The van der Waals surface area contributed by atoms with Gasteiger partial charge in [0.05, 0.1) is 0 Å². The Labute approximate surface area is 93.9 Å². The monoisotopic (exact) mass is 254 g/mol. The molecule has 0 amide bonds. The van der Waals surface area contributed by atoms with Crippen molar-refractivity contribution in [3.63, 3.8) is 0 Å². The Morgan fingerprint density at radius 1 is 0.231 bits per heavy atom. The first-order valence-electron chi connectivity index (χ1n) is 4.00. The Balaban J connectivity index is 0.000000206. The molecule has 0 aliphatic carbocycles. The summed E-state index contributed by atoms with van der Waals surface area (Å²) < 4.78 is 0. The molecule has 0 saturated carbocycles. The Hall–Kier alpha value is -0.872. The van der Waals surface area contributed by atoms with Crippen LogP contribution >= 0.6 is 0 Å². The number of benzene rings is 2. The summed E-state index contributed by atoms with van der Waals surface area (Å²) in [6.45, 7) is 0. The van der Waals surface area contributed by atoms with Crippen molar-refractivity contribution < 1.29 is 21.1 Å². The van der Waals surface area contributed by atoms with E-state index >= 15 is 0 Å². The maximum Gasteiger partial charge on any atom is 0 e. The van der Waals surface area contributed by atoms with Crippen LogP contribution < -0.4 is 0 Å². The molecule has 1 heteroatoms. The van der Waals surface area contributed by atoms with E-state index in [0.717, 1.165) is 0 Å². The largest absolute Gasteiger partial charge is 0.0623 e. The maximum atomic E-state index is 2.00. The van der Waals surface area contributed by atoms with Crippen LogP contribution in [0.5, 0.6) is 0 Å². The third-order valence-electron chi connectivity index (χ3n) is 1.33. The summed E-state index contributed by atoms with van der Waals surface area (Å²) in [4.78, 5) is 0. The van der Waals surface area contributed by atoms with Crippen molar-refractivity contribution in [2.24, 2.45) is 0 Å². The van der Waals surface area contributed by atoms with Crippen LogP contribution in [0, 0.1) is 0 Å². The van der Waals surface area contributed by atoms with E-state index in [1.54, 1.807) is 0 Å². The van der Waals surface area contributed by atoms with E-state index in [4.69, 9.17) is 0 Å². The summed E-state index contributed by atoms with van der Waals surface area (Å²) in [5.41, 5.74) is 0. The number of rotatable bonds is 0. The molecule has 0 atom stereocenters. The molecule has 2 aromatic carbocycles. The van der Waals surface area contributed by atoms with Crippen molar-refractivity contribution >= 4 is 0 Å². The van der Waals surface area contributed by atoms with Gasteiger partial charge < -0.3 is 0 Å². The van der Waals surface area contributed by atoms with Gasteiger partial charge in [-0.1, -0.05) is 72.8 Å². The first-order chi connectivity index (χ1) is 6.00. The second-order valence-electron chi connectivity index (χ2n) is 2.31. The Morgan fingerprint density at radius 2 is 0.308 bits per heavy atom. The smallest absolute Gasteiger partial charge is 0 e. The summed E-state index contributed by atoms with van der Waals surface area (Å²) in [6.07, 6.45) is 0.